The van der Waals surface area contributed by atoms with Gasteiger partial charge in [-0.05, 0) is 44.0 Å². The largest absolute Gasteiger partial charge is 0.493 e. The lowest BCUT2D eigenvalue weighted by Crippen LogP contribution is -2.01. The number of unbranched alkanes of at least 4 members (excludes halogenated alkanes) is 1. The number of hydrogen-bond donors (Lipinski definition) is 0. The first-order chi connectivity index (χ1) is 12.8. The van der Waals surface area contributed by atoms with Crippen molar-refractivity contribution in [2.75, 3.05) is 19.8 Å². The van der Waals surface area contributed by atoms with Crippen LogP contribution < -0.4 is 9.47 Å². The van der Waals surface area contributed by atoms with E-state index < -0.39 is 0 Å². The van der Waals surface area contributed by atoms with Crippen LogP contribution in [0.2, 0.25) is 0 Å². The van der Waals surface area contributed by atoms with E-state index >= 15 is 0 Å². The Morgan fingerprint density at radius 3 is 2.50 bits per heavy atom. The van der Waals surface area contributed by atoms with Crippen LogP contribution in [0.15, 0.2) is 60.7 Å². The molecule has 4 nitrogen and oxygen atoms in total. The van der Waals surface area contributed by atoms with Gasteiger partial charge in [0.25, 0.3) is 0 Å². The molecule has 0 aliphatic rings. The molecule has 0 unspecified atom stereocenters. The van der Waals surface area contributed by atoms with Crippen LogP contribution in [-0.4, -0.2) is 24.8 Å². The van der Waals surface area contributed by atoms with Gasteiger partial charge in [-0.25, -0.2) is 4.98 Å². The summed E-state index contributed by atoms with van der Waals surface area (Å²) in [7, 11) is 0. The highest BCUT2D eigenvalue weighted by Gasteiger charge is 2.02. The SMILES string of the molecule is CCOCCCCOc1cccc(OCc2ccc3ccccc3n2)c1. The van der Waals surface area contributed by atoms with E-state index in [2.05, 4.69) is 17.1 Å². The van der Waals surface area contributed by atoms with Crippen molar-refractivity contribution in [3.8, 4) is 11.5 Å². The third-order valence-electron chi connectivity index (χ3n) is 4.00. The van der Waals surface area contributed by atoms with Crippen LogP contribution in [0, 0.1) is 0 Å². The van der Waals surface area contributed by atoms with Crippen molar-refractivity contribution in [1.82, 2.24) is 4.98 Å². The first-order valence-corrected chi connectivity index (χ1v) is 9.13. The maximum atomic E-state index is 5.88. The minimum atomic E-state index is 0.433. The summed E-state index contributed by atoms with van der Waals surface area (Å²) in [5.41, 5.74) is 1.89. The van der Waals surface area contributed by atoms with E-state index in [1.165, 1.54) is 0 Å². The molecule has 0 N–H and O–H groups in total. The fraction of sp³-hybridized carbons (Fsp3) is 0.318. The molecule has 0 atom stereocenters. The van der Waals surface area contributed by atoms with Gasteiger partial charge in [0, 0.05) is 24.7 Å². The highest BCUT2D eigenvalue weighted by molar-refractivity contribution is 5.78. The van der Waals surface area contributed by atoms with Crippen LogP contribution in [0.5, 0.6) is 11.5 Å². The van der Waals surface area contributed by atoms with E-state index in [0.29, 0.717) is 13.2 Å². The minimum Gasteiger partial charge on any atom is -0.493 e. The number of para-hydroxylation sites is 1. The highest BCUT2D eigenvalue weighted by atomic mass is 16.5. The molecule has 4 heteroatoms. The van der Waals surface area contributed by atoms with Crippen LogP contribution in [-0.2, 0) is 11.3 Å². The Labute approximate surface area is 154 Å². The van der Waals surface area contributed by atoms with Gasteiger partial charge in [-0.15, -0.1) is 0 Å². The second-order valence-corrected chi connectivity index (χ2v) is 6.01. The molecule has 0 bridgehead atoms. The van der Waals surface area contributed by atoms with E-state index in [4.69, 9.17) is 14.2 Å². The molecule has 1 aromatic heterocycles. The van der Waals surface area contributed by atoms with Crippen LogP contribution in [0.3, 0.4) is 0 Å². The van der Waals surface area contributed by atoms with Crippen molar-refractivity contribution >= 4 is 10.9 Å². The normalized spacial score (nSPS) is 10.8. The zero-order valence-electron chi connectivity index (χ0n) is 15.2. The van der Waals surface area contributed by atoms with Crippen molar-refractivity contribution in [3.63, 3.8) is 0 Å². The van der Waals surface area contributed by atoms with E-state index in [-0.39, 0.29) is 0 Å². The van der Waals surface area contributed by atoms with Gasteiger partial charge in [0.05, 0.1) is 17.8 Å². The Kier molecular flexibility index (Phi) is 6.85. The van der Waals surface area contributed by atoms with Crippen LogP contribution in [0.1, 0.15) is 25.5 Å². The highest BCUT2D eigenvalue weighted by Crippen LogP contribution is 2.21. The number of aromatic nitrogens is 1. The van der Waals surface area contributed by atoms with Gasteiger partial charge in [-0.1, -0.05) is 30.3 Å². The summed E-state index contributed by atoms with van der Waals surface area (Å²) < 4.78 is 17.0. The standard InChI is InChI=1S/C22H25NO3/c1-2-24-14-5-6-15-25-20-9-7-10-21(16-20)26-17-19-13-12-18-8-3-4-11-22(18)23-19/h3-4,7-13,16H,2,5-6,14-15,17H2,1H3. The molecular weight excluding hydrogens is 326 g/mol. The second-order valence-electron chi connectivity index (χ2n) is 6.01. The summed E-state index contributed by atoms with van der Waals surface area (Å²) in [5, 5.41) is 1.14. The molecule has 26 heavy (non-hydrogen) atoms. The summed E-state index contributed by atoms with van der Waals surface area (Å²) in [6.45, 7) is 4.69. The second kappa shape index (κ2) is 9.78. The average molecular weight is 351 g/mol. The zero-order chi connectivity index (χ0) is 18.0. The van der Waals surface area contributed by atoms with Gasteiger partial charge in [0.1, 0.15) is 18.1 Å². The summed E-state index contributed by atoms with van der Waals surface area (Å²) in [6.07, 6.45) is 1.99. The first kappa shape index (κ1) is 18.2. The third-order valence-corrected chi connectivity index (χ3v) is 4.00. The van der Waals surface area contributed by atoms with Crippen LogP contribution in [0.25, 0.3) is 10.9 Å². The van der Waals surface area contributed by atoms with Gasteiger partial charge in [-0.3, -0.25) is 0 Å². The molecule has 1 heterocycles. The Balaban J connectivity index is 1.50. The maximum absolute atomic E-state index is 5.88. The number of hydrogen-bond acceptors (Lipinski definition) is 4. The topological polar surface area (TPSA) is 40.6 Å². The fourth-order valence-corrected chi connectivity index (χ4v) is 2.64. The monoisotopic (exact) mass is 351 g/mol. The van der Waals surface area contributed by atoms with Crippen molar-refractivity contribution in [2.24, 2.45) is 0 Å². The van der Waals surface area contributed by atoms with Gasteiger partial charge >= 0.3 is 0 Å². The molecule has 0 fully saturated rings. The number of fused-ring (bicyclic) bond motifs is 1. The number of nitrogens with zero attached hydrogens (tertiary/aromatic N) is 1. The summed E-state index contributed by atoms with van der Waals surface area (Å²) in [4.78, 5) is 4.63. The molecule has 0 saturated carbocycles. The average Bonchev–Trinajstić information content (AvgIpc) is 2.69. The van der Waals surface area contributed by atoms with E-state index in [9.17, 15) is 0 Å². The Morgan fingerprint density at radius 2 is 1.62 bits per heavy atom. The van der Waals surface area contributed by atoms with Gasteiger partial charge in [0.15, 0.2) is 0 Å². The quantitative estimate of drug-likeness (QED) is 0.482. The Morgan fingerprint density at radius 1 is 0.808 bits per heavy atom. The number of benzene rings is 2. The molecule has 0 aliphatic heterocycles. The summed E-state index contributed by atoms with van der Waals surface area (Å²) in [6, 6.07) is 19.9. The van der Waals surface area contributed by atoms with E-state index in [1.54, 1.807) is 0 Å². The number of ether oxygens (including phenoxy) is 3. The van der Waals surface area contributed by atoms with Gasteiger partial charge in [-0.2, -0.15) is 0 Å². The molecule has 0 spiro atoms. The number of pyridine rings is 1. The molecule has 2 aromatic carbocycles. The van der Waals surface area contributed by atoms with Crippen LogP contribution >= 0.6 is 0 Å². The minimum absolute atomic E-state index is 0.433. The van der Waals surface area contributed by atoms with Gasteiger partial charge in [0.2, 0.25) is 0 Å². The first-order valence-electron chi connectivity index (χ1n) is 9.13. The third kappa shape index (κ3) is 5.46. The summed E-state index contributed by atoms with van der Waals surface area (Å²) in [5.74, 6) is 1.61. The lowest BCUT2D eigenvalue weighted by molar-refractivity contribution is 0.138. The lowest BCUT2D eigenvalue weighted by Gasteiger charge is -2.10. The fourth-order valence-electron chi connectivity index (χ4n) is 2.64. The van der Waals surface area contributed by atoms with Crippen molar-refractivity contribution in [1.29, 1.82) is 0 Å². The predicted octanol–water partition coefficient (Wildman–Crippen LogP) is 5.01. The molecular formula is C22H25NO3. The smallest absolute Gasteiger partial charge is 0.130 e. The Hall–Kier alpha value is -2.59. The summed E-state index contributed by atoms with van der Waals surface area (Å²) >= 11 is 0. The molecule has 0 amide bonds. The molecule has 0 aliphatic carbocycles. The molecule has 0 saturated heterocycles. The Bertz CT molecular complexity index is 819. The number of rotatable bonds is 10. The van der Waals surface area contributed by atoms with Crippen molar-refractivity contribution in [3.05, 3.63) is 66.4 Å². The van der Waals surface area contributed by atoms with E-state index in [0.717, 1.165) is 54.2 Å². The van der Waals surface area contributed by atoms with Crippen molar-refractivity contribution in [2.45, 2.75) is 26.4 Å². The molecule has 3 rings (SSSR count). The van der Waals surface area contributed by atoms with Crippen molar-refractivity contribution < 1.29 is 14.2 Å². The van der Waals surface area contributed by atoms with Gasteiger partial charge < -0.3 is 14.2 Å². The predicted molar refractivity (Wildman–Crippen MR) is 104 cm³/mol. The maximum Gasteiger partial charge on any atom is 0.130 e. The molecule has 0 radical (unpaired) electrons. The zero-order valence-corrected chi connectivity index (χ0v) is 15.2. The molecule has 3 aromatic rings. The van der Waals surface area contributed by atoms with E-state index in [1.807, 2.05) is 55.5 Å². The van der Waals surface area contributed by atoms with Crippen LogP contribution in [0.4, 0.5) is 0 Å². The molecule has 136 valence electrons. The lowest BCUT2D eigenvalue weighted by atomic mass is 10.2.